The molecule has 0 saturated carbocycles. The molecule has 0 heterocycles. The molecule has 0 aliphatic rings. The van der Waals surface area contributed by atoms with Crippen molar-refractivity contribution in [2.75, 3.05) is 6.54 Å². The number of hydrogen-bond donors (Lipinski definition) is 1. The monoisotopic (exact) mass is 223 g/mol. The highest BCUT2D eigenvalue weighted by Crippen LogP contribution is 2.13. The molecule has 0 spiro atoms. The van der Waals surface area contributed by atoms with E-state index < -0.39 is 0 Å². The molecule has 0 radical (unpaired) electrons. The summed E-state index contributed by atoms with van der Waals surface area (Å²) in [7, 11) is 0. The predicted molar refractivity (Wildman–Crippen MR) is 67.2 cm³/mol. The predicted octanol–water partition coefficient (Wildman–Crippen LogP) is 3.79. The van der Waals surface area contributed by atoms with Gasteiger partial charge in [0.1, 0.15) is 0 Å². The molecule has 1 rings (SSSR count). The van der Waals surface area contributed by atoms with Crippen LogP contribution in [0.3, 0.4) is 0 Å². The molecule has 0 unspecified atom stereocenters. The van der Waals surface area contributed by atoms with Gasteiger partial charge in [-0.05, 0) is 31.9 Å². The summed E-state index contributed by atoms with van der Waals surface area (Å²) >= 11 is 5.60. The molecule has 0 aliphatic carbocycles. The van der Waals surface area contributed by atoms with E-state index in [0.717, 1.165) is 12.1 Å². The lowest BCUT2D eigenvalue weighted by Gasteiger charge is -2.14. The van der Waals surface area contributed by atoms with Gasteiger partial charge < -0.3 is 5.32 Å². The molecule has 1 nitrogen and oxygen atoms in total. The molecule has 1 N–H and O–H groups in total. The molecule has 0 bridgehead atoms. The van der Waals surface area contributed by atoms with Gasteiger partial charge in [-0.3, -0.25) is 0 Å². The topological polar surface area (TPSA) is 12.0 Å². The van der Waals surface area contributed by atoms with Gasteiger partial charge in [-0.2, -0.15) is 0 Å². The Morgan fingerprint density at radius 1 is 1.53 bits per heavy atom. The standard InChI is InChI=1S/C13H18ClN/c1-10-5-4-6-13(7-10)12(3)15-9-11(2)8-14/h4-8,12,15H,9H2,1-3H3/b11-8+/t12-/m1/s1. The van der Waals surface area contributed by atoms with Crippen LogP contribution in [0.4, 0.5) is 0 Å². The molecule has 15 heavy (non-hydrogen) atoms. The molecule has 0 saturated heterocycles. The number of rotatable bonds is 4. The minimum atomic E-state index is 0.358. The zero-order valence-electron chi connectivity index (χ0n) is 9.55. The molecular formula is C13H18ClN. The quantitative estimate of drug-likeness (QED) is 0.819. The van der Waals surface area contributed by atoms with Crippen LogP contribution in [0, 0.1) is 6.92 Å². The van der Waals surface area contributed by atoms with Gasteiger partial charge in [0.2, 0.25) is 0 Å². The van der Waals surface area contributed by atoms with Gasteiger partial charge in [-0.1, -0.05) is 41.4 Å². The third kappa shape index (κ3) is 4.06. The molecule has 2 heteroatoms. The molecule has 0 aliphatic heterocycles. The fourth-order valence-electron chi connectivity index (χ4n) is 1.41. The lowest BCUT2D eigenvalue weighted by atomic mass is 10.1. The summed E-state index contributed by atoms with van der Waals surface area (Å²) in [5, 5.41) is 3.42. The van der Waals surface area contributed by atoms with Crippen LogP contribution in [0.15, 0.2) is 35.4 Å². The zero-order chi connectivity index (χ0) is 11.3. The Kier molecular flexibility index (Phi) is 4.86. The number of benzene rings is 1. The second-order valence-electron chi connectivity index (χ2n) is 3.97. The Hall–Kier alpha value is -0.790. The first-order valence-corrected chi connectivity index (χ1v) is 5.63. The Bertz CT molecular complexity index is 344. The minimum absolute atomic E-state index is 0.358. The lowest BCUT2D eigenvalue weighted by molar-refractivity contribution is 0.607. The second-order valence-corrected chi connectivity index (χ2v) is 4.19. The first-order valence-electron chi connectivity index (χ1n) is 5.19. The van der Waals surface area contributed by atoms with Crippen molar-refractivity contribution in [2.45, 2.75) is 26.8 Å². The van der Waals surface area contributed by atoms with Crippen molar-refractivity contribution in [3.63, 3.8) is 0 Å². The average molecular weight is 224 g/mol. The van der Waals surface area contributed by atoms with Crippen LogP contribution in [-0.2, 0) is 0 Å². The Morgan fingerprint density at radius 2 is 2.27 bits per heavy atom. The van der Waals surface area contributed by atoms with Gasteiger partial charge in [-0.15, -0.1) is 0 Å². The summed E-state index contributed by atoms with van der Waals surface area (Å²) < 4.78 is 0. The highest BCUT2D eigenvalue weighted by molar-refractivity contribution is 6.25. The van der Waals surface area contributed by atoms with Crippen molar-refractivity contribution < 1.29 is 0 Å². The molecule has 0 amide bonds. The first-order chi connectivity index (χ1) is 7.13. The van der Waals surface area contributed by atoms with Crippen LogP contribution in [0.5, 0.6) is 0 Å². The summed E-state index contributed by atoms with van der Waals surface area (Å²) in [6.07, 6.45) is 0. The normalized spacial score (nSPS) is 14.0. The summed E-state index contributed by atoms with van der Waals surface area (Å²) in [6, 6.07) is 8.91. The highest BCUT2D eigenvalue weighted by atomic mass is 35.5. The number of hydrogen-bond acceptors (Lipinski definition) is 1. The minimum Gasteiger partial charge on any atom is -0.306 e. The van der Waals surface area contributed by atoms with Crippen molar-refractivity contribution in [1.82, 2.24) is 5.32 Å². The highest BCUT2D eigenvalue weighted by Gasteiger charge is 2.03. The van der Waals surface area contributed by atoms with E-state index in [4.69, 9.17) is 11.6 Å². The largest absolute Gasteiger partial charge is 0.306 e. The smallest absolute Gasteiger partial charge is 0.0294 e. The Labute approximate surface area is 97.1 Å². The first kappa shape index (κ1) is 12.3. The van der Waals surface area contributed by atoms with Crippen LogP contribution in [0.2, 0.25) is 0 Å². The molecule has 1 atom stereocenters. The summed E-state index contributed by atoms with van der Waals surface area (Å²) in [6.45, 7) is 7.12. The van der Waals surface area contributed by atoms with Gasteiger partial charge in [0.25, 0.3) is 0 Å². The fourth-order valence-corrected chi connectivity index (χ4v) is 1.49. The zero-order valence-corrected chi connectivity index (χ0v) is 10.3. The third-order valence-corrected chi connectivity index (χ3v) is 2.79. The summed E-state index contributed by atoms with van der Waals surface area (Å²) in [5.74, 6) is 0. The van der Waals surface area contributed by atoms with Crippen molar-refractivity contribution in [3.8, 4) is 0 Å². The number of halogens is 1. The number of nitrogens with one attached hydrogen (secondary N) is 1. The van der Waals surface area contributed by atoms with Gasteiger partial charge in [-0.25, -0.2) is 0 Å². The maximum absolute atomic E-state index is 5.60. The molecule has 82 valence electrons. The Balaban J connectivity index is 2.57. The van der Waals surface area contributed by atoms with E-state index in [-0.39, 0.29) is 0 Å². The molecule has 1 aromatic carbocycles. The van der Waals surface area contributed by atoms with Gasteiger partial charge >= 0.3 is 0 Å². The van der Waals surface area contributed by atoms with Crippen LogP contribution < -0.4 is 5.32 Å². The van der Waals surface area contributed by atoms with Gasteiger partial charge in [0, 0.05) is 18.1 Å². The number of aryl methyl sites for hydroxylation is 1. The van der Waals surface area contributed by atoms with Crippen LogP contribution in [0.25, 0.3) is 0 Å². The van der Waals surface area contributed by atoms with E-state index in [1.807, 2.05) is 6.92 Å². The van der Waals surface area contributed by atoms with Gasteiger partial charge in [0.15, 0.2) is 0 Å². The van der Waals surface area contributed by atoms with Crippen LogP contribution >= 0.6 is 11.6 Å². The maximum atomic E-state index is 5.60. The average Bonchev–Trinajstić information content (AvgIpc) is 2.25. The molecular weight excluding hydrogens is 206 g/mol. The van der Waals surface area contributed by atoms with E-state index >= 15 is 0 Å². The summed E-state index contributed by atoms with van der Waals surface area (Å²) in [5.41, 5.74) is 5.38. The van der Waals surface area contributed by atoms with E-state index in [2.05, 4.69) is 43.4 Å². The second kappa shape index (κ2) is 5.94. The fraction of sp³-hybridized carbons (Fsp3) is 0.385. The maximum Gasteiger partial charge on any atom is 0.0294 e. The Morgan fingerprint density at radius 3 is 2.87 bits per heavy atom. The van der Waals surface area contributed by atoms with Crippen molar-refractivity contribution in [2.24, 2.45) is 0 Å². The van der Waals surface area contributed by atoms with Crippen molar-refractivity contribution in [3.05, 3.63) is 46.5 Å². The van der Waals surface area contributed by atoms with E-state index in [1.54, 1.807) is 5.54 Å². The van der Waals surface area contributed by atoms with Crippen molar-refractivity contribution in [1.29, 1.82) is 0 Å². The molecule has 1 aromatic rings. The van der Waals surface area contributed by atoms with Crippen LogP contribution in [0.1, 0.15) is 31.0 Å². The van der Waals surface area contributed by atoms with E-state index in [9.17, 15) is 0 Å². The van der Waals surface area contributed by atoms with Crippen molar-refractivity contribution >= 4 is 11.6 Å². The SMILES string of the molecule is C/C(=C\Cl)CN[C@H](C)c1cccc(C)c1. The third-order valence-electron chi connectivity index (χ3n) is 2.42. The summed E-state index contributed by atoms with van der Waals surface area (Å²) in [4.78, 5) is 0. The van der Waals surface area contributed by atoms with Crippen LogP contribution in [-0.4, -0.2) is 6.54 Å². The molecule has 0 aromatic heterocycles. The molecule has 0 fully saturated rings. The van der Waals surface area contributed by atoms with Gasteiger partial charge in [0.05, 0.1) is 0 Å². The van der Waals surface area contributed by atoms with E-state index in [0.29, 0.717) is 6.04 Å². The lowest BCUT2D eigenvalue weighted by Crippen LogP contribution is -2.20. The van der Waals surface area contributed by atoms with E-state index in [1.165, 1.54) is 11.1 Å².